The fourth-order valence-corrected chi connectivity index (χ4v) is 2.28. The van der Waals surface area contributed by atoms with Gasteiger partial charge in [0.15, 0.2) is 11.0 Å². The molecule has 0 aliphatic heterocycles. The topological polar surface area (TPSA) is 63.6 Å². The molecule has 0 saturated heterocycles. The minimum Gasteiger partial charge on any atom is -0.293 e. The maximum atomic E-state index is 12.1. The summed E-state index contributed by atoms with van der Waals surface area (Å²) in [4.78, 5) is 12.1. The predicted octanol–water partition coefficient (Wildman–Crippen LogP) is 1.49. The second-order valence-corrected chi connectivity index (χ2v) is 4.52. The molecule has 0 atom stereocenters. The lowest BCUT2D eigenvalue weighted by Gasteiger charge is -2.07. The highest BCUT2D eigenvalue weighted by molar-refractivity contribution is 6.29. The first-order valence-corrected chi connectivity index (χ1v) is 5.96. The van der Waals surface area contributed by atoms with Gasteiger partial charge in [-0.1, -0.05) is 11.6 Å². The Hall–Kier alpha value is -1.62. The Bertz CT molecular complexity index is 599. The van der Waals surface area contributed by atoms with Crippen molar-refractivity contribution in [1.29, 1.82) is 0 Å². The first kappa shape index (κ1) is 10.5. The summed E-state index contributed by atoms with van der Waals surface area (Å²) in [7, 11) is 0. The van der Waals surface area contributed by atoms with Gasteiger partial charge in [0, 0.05) is 11.3 Å². The highest BCUT2D eigenvalue weighted by Gasteiger charge is 2.18. The standard InChI is InChI=1S/C11H11ClN4O/c12-9-5-6-10(14-13-9)16-11(17)7-3-1-2-4-8(7)15-16/h5-6,15H,1-4H2. The Balaban J connectivity index is 2.12. The average molecular weight is 251 g/mol. The van der Waals surface area contributed by atoms with Gasteiger partial charge in [0.05, 0.1) is 0 Å². The van der Waals surface area contributed by atoms with Crippen molar-refractivity contribution in [3.8, 4) is 5.82 Å². The summed E-state index contributed by atoms with van der Waals surface area (Å²) >= 11 is 5.67. The Morgan fingerprint density at radius 2 is 2.06 bits per heavy atom. The summed E-state index contributed by atoms with van der Waals surface area (Å²) in [6.07, 6.45) is 3.98. The SMILES string of the molecule is O=c1c2c([nH]n1-c1ccc(Cl)nn1)CCCC2. The molecule has 2 aromatic heterocycles. The van der Waals surface area contributed by atoms with Gasteiger partial charge in [-0.2, -0.15) is 4.68 Å². The van der Waals surface area contributed by atoms with Crippen LogP contribution in [0.5, 0.6) is 0 Å². The molecule has 0 fully saturated rings. The van der Waals surface area contributed by atoms with E-state index in [4.69, 9.17) is 11.6 Å². The van der Waals surface area contributed by atoms with Crippen LogP contribution in [0, 0.1) is 0 Å². The van der Waals surface area contributed by atoms with E-state index in [0.29, 0.717) is 11.0 Å². The van der Waals surface area contributed by atoms with E-state index in [1.165, 1.54) is 4.68 Å². The first-order chi connectivity index (χ1) is 8.25. The lowest BCUT2D eigenvalue weighted by Crippen LogP contribution is -2.19. The fourth-order valence-electron chi connectivity index (χ4n) is 2.17. The zero-order chi connectivity index (χ0) is 11.8. The van der Waals surface area contributed by atoms with Crippen molar-refractivity contribution in [3.05, 3.63) is 38.9 Å². The molecule has 5 nitrogen and oxygen atoms in total. The third-order valence-corrected chi connectivity index (χ3v) is 3.22. The third-order valence-electron chi connectivity index (χ3n) is 3.02. The molecule has 2 aromatic rings. The molecule has 0 unspecified atom stereocenters. The van der Waals surface area contributed by atoms with E-state index in [-0.39, 0.29) is 5.56 Å². The Morgan fingerprint density at radius 3 is 2.76 bits per heavy atom. The molecular weight excluding hydrogens is 240 g/mol. The lowest BCUT2D eigenvalue weighted by atomic mass is 9.98. The van der Waals surface area contributed by atoms with Crippen LogP contribution in [0.15, 0.2) is 16.9 Å². The minimum absolute atomic E-state index is 0.0173. The molecule has 1 N–H and O–H groups in total. The molecule has 6 heteroatoms. The van der Waals surface area contributed by atoms with Crippen LogP contribution < -0.4 is 5.56 Å². The number of rotatable bonds is 1. The van der Waals surface area contributed by atoms with Gasteiger partial charge in [0.25, 0.3) is 5.56 Å². The Morgan fingerprint density at radius 1 is 1.24 bits per heavy atom. The fraction of sp³-hybridized carbons (Fsp3) is 0.364. The summed E-state index contributed by atoms with van der Waals surface area (Å²) in [5.74, 6) is 0.480. The maximum absolute atomic E-state index is 12.1. The van der Waals surface area contributed by atoms with Crippen LogP contribution in [-0.4, -0.2) is 20.0 Å². The molecule has 2 heterocycles. The normalized spacial score (nSPS) is 14.6. The molecular formula is C11H11ClN4O. The maximum Gasteiger partial charge on any atom is 0.276 e. The van der Waals surface area contributed by atoms with Gasteiger partial charge in [0.1, 0.15) is 0 Å². The van der Waals surface area contributed by atoms with E-state index in [1.54, 1.807) is 12.1 Å². The zero-order valence-corrected chi connectivity index (χ0v) is 9.87. The van der Waals surface area contributed by atoms with Gasteiger partial charge in [0.2, 0.25) is 0 Å². The van der Waals surface area contributed by atoms with Crippen molar-refractivity contribution >= 4 is 11.6 Å². The van der Waals surface area contributed by atoms with Crippen LogP contribution in [0.1, 0.15) is 24.1 Å². The molecule has 0 bridgehead atoms. The number of hydrogen-bond acceptors (Lipinski definition) is 3. The molecule has 0 radical (unpaired) electrons. The Labute approximate surface area is 102 Å². The first-order valence-electron chi connectivity index (χ1n) is 5.58. The number of aryl methyl sites for hydroxylation is 1. The van der Waals surface area contributed by atoms with Crippen LogP contribution >= 0.6 is 11.6 Å². The smallest absolute Gasteiger partial charge is 0.276 e. The van der Waals surface area contributed by atoms with Gasteiger partial charge in [-0.15, -0.1) is 10.2 Å². The number of aromatic nitrogens is 4. The average Bonchev–Trinajstić information content (AvgIpc) is 2.69. The largest absolute Gasteiger partial charge is 0.293 e. The van der Waals surface area contributed by atoms with Crippen LogP contribution in [0.25, 0.3) is 5.82 Å². The minimum atomic E-state index is -0.0173. The number of halogens is 1. The highest BCUT2D eigenvalue weighted by Crippen LogP contribution is 2.17. The summed E-state index contributed by atoms with van der Waals surface area (Å²) < 4.78 is 1.44. The van der Waals surface area contributed by atoms with E-state index in [9.17, 15) is 4.79 Å². The number of aromatic amines is 1. The summed E-state index contributed by atoms with van der Waals surface area (Å²) in [5.41, 5.74) is 1.89. The third kappa shape index (κ3) is 1.76. The molecule has 0 amide bonds. The van der Waals surface area contributed by atoms with Crippen LogP contribution in [-0.2, 0) is 12.8 Å². The number of hydrogen-bond donors (Lipinski definition) is 1. The van der Waals surface area contributed by atoms with E-state index in [2.05, 4.69) is 15.3 Å². The summed E-state index contributed by atoms with van der Waals surface area (Å²) in [6.45, 7) is 0. The van der Waals surface area contributed by atoms with E-state index < -0.39 is 0 Å². The van der Waals surface area contributed by atoms with Gasteiger partial charge in [-0.05, 0) is 37.8 Å². The van der Waals surface area contributed by atoms with Crippen molar-refractivity contribution < 1.29 is 0 Å². The molecule has 1 aliphatic rings. The zero-order valence-electron chi connectivity index (χ0n) is 9.11. The lowest BCUT2D eigenvalue weighted by molar-refractivity contribution is 0.669. The second kappa shape index (κ2) is 4.00. The molecule has 88 valence electrons. The summed E-state index contributed by atoms with van der Waals surface area (Å²) in [6, 6.07) is 3.30. The quantitative estimate of drug-likeness (QED) is 0.834. The van der Waals surface area contributed by atoms with Crippen molar-refractivity contribution in [2.24, 2.45) is 0 Å². The van der Waals surface area contributed by atoms with Gasteiger partial charge in [-0.3, -0.25) is 9.89 Å². The van der Waals surface area contributed by atoms with Gasteiger partial charge < -0.3 is 0 Å². The van der Waals surface area contributed by atoms with Gasteiger partial charge in [-0.25, -0.2) is 0 Å². The molecule has 17 heavy (non-hydrogen) atoms. The monoisotopic (exact) mass is 250 g/mol. The van der Waals surface area contributed by atoms with Crippen molar-refractivity contribution in [3.63, 3.8) is 0 Å². The van der Waals surface area contributed by atoms with E-state index in [0.717, 1.165) is 36.9 Å². The number of H-pyrrole nitrogens is 1. The van der Waals surface area contributed by atoms with E-state index >= 15 is 0 Å². The molecule has 0 spiro atoms. The van der Waals surface area contributed by atoms with Crippen molar-refractivity contribution in [2.45, 2.75) is 25.7 Å². The molecule has 1 aliphatic carbocycles. The molecule has 0 saturated carbocycles. The molecule has 0 aromatic carbocycles. The van der Waals surface area contributed by atoms with Gasteiger partial charge >= 0.3 is 0 Å². The highest BCUT2D eigenvalue weighted by atomic mass is 35.5. The second-order valence-electron chi connectivity index (χ2n) is 4.13. The van der Waals surface area contributed by atoms with Crippen LogP contribution in [0.3, 0.4) is 0 Å². The summed E-state index contributed by atoms with van der Waals surface area (Å²) in [5, 5.41) is 11.1. The van der Waals surface area contributed by atoms with Crippen LogP contribution in [0.4, 0.5) is 0 Å². The molecule has 3 rings (SSSR count). The number of nitrogens with zero attached hydrogens (tertiary/aromatic N) is 3. The van der Waals surface area contributed by atoms with Crippen molar-refractivity contribution in [1.82, 2.24) is 20.0 Å². The van der Waals surface area contributed by atoms with Crippen molar-refractivity contribution in [2.75, 3.05) is 0 Å². The van der Waals surface area contributed by atoms with Crippen LogP contribution in [0.2, 0.25) is 5.15 Å². The number of nitrogens with one attached hydrogen (secondary N) is 1. The predicted molar refractivity (Wildman–Crippen MR) is 63.6 cm³/mol. The number of fused-ring (bicyclic) bond motifs is 1. The van der Waals surface area contributed by atoms with E-state index in [1.807, 2.05) is 0 Å². The Kier molecular flexibility index (Phi) is 2.48.